The van der Waals surface area contributed by atoms with Crippen LogP contribution in [0, 0.1) is 0 Å². The third kappa shape index (κ3) is 7.83. The molecule has 0 unspecified atom stereocenters. The third-order valence-corrected chi connectivity index (χ3v) is 4.34. The van der Waals surface area contributed by atoms with Crippen molar-refractivity contribution >= 4 is 5.91 Å². The lowest BCUT2D eigenvalue weighted by atomic mass is 9.97. The zero-order chi connectivity index (χ0) is 18.7. The Morgan fingerprint density at radius 2 is 1.80 bits per heavy atom. The van der Waals surface area contributed by atoms with Gasteiger partial charge >= 0.3 is 0 Å². The molecule has 0 bridgehead atoms. The molecule has 0 radical (unpaired) electrons. The minimum Gasteiger partial charge on any atom is -0.394 e. The minimum atomic E-state index is -1.28. The topological polar surface area (TPSA) is 108 Å². The van der Waals surface area contributed by atoms with E-state index in [9.17, 15) is 20.1 Å². The lowest BCUT2D eigenvalue weighted by Crippen LogP contribution is -2.64. The highest BCUT2D eigenvalue weighted by molar-refractivity contribution is 5.73. The molecule has 0 aromatic rings. The molecule has 1 amide bonds. The predicted molar refractivity (Wildman–Crippen MR) is 93.8 cm³/mol. The molecular weight excluding hydrogens is 326 g/mol. The average Bonchev–Trinajstić information content (AvgIpc) is 2.59. The minimum absolute atomic E-state index is 0.351. The van der Waals surface area contributed by atoms with Gasteiger partial charge in [-0.15, -0.1) is 6.58 Å². The van der Waals surface area contributed by atoms with E-state index in [0.717, 1.165) is 25.7 Å². The van der Waals surface area contributed by atoms with Crippen molar-refractivity contribution in [2.45, 2.75) is 82.5 Å². The molecule has 1 aliphatic rings. The largest absolute Gasteiger partial charge is 0.394 e. The van der Waals surface area contributed by atoms with Crippen molar-refractivity contribution < 1.29 is 29.6 Å². The molecule has 4 N–H and O–H groups in total. The molecule has 25 heavy (non-hydrogen) atoms. The van der Waals surface area contributed by atoms with Crippen molar-refractivity contribution in [3.8, 4) is 0 Å². The Balaban J connectivity index is 2.34. The van der Waals surface area contributed by atoms with Crippen LogP contribution in [0.25, 0.3) is 0 Å². The average molecular weight is 359 g/mol. The van der Waals surface area contributed by atoms with Gasteiger partial charge < -0.3 is 30.1 Å². The first-order valence-electron chi connectivity index (χ1n) is 9.13. The molecule has 7 heteroatoms. The van der Waals surface area contributed by atoms with Gasteiger partial charge in [0.05, 0.1) is 6.61 Å². The molecule has 0 saturated carbocycles. The normalized spacial score (nSPS) is 29.4. The smallest absolute Gasteiger partial charge is 0.217 e. The number of rotatable bonds is 12. The van der Waals surface area contributed by atoms with Gasteiger partial charge in [0.25, 0.3) is 0 Å². The number of hydrogen-bond acceptors (Lipinski definition) is 6. The van der Waals surface area contributed by atoms with Gasteiger partial charge in [0.1, 0.15) is 24.4 Å². The molecule has 1 fully saturated rings. The highest BCUT2D eigenvalue weighted by Gasteiger charge is 2.45. The number of ether oxygens (including phenoxy) is 2. The number of carbonyl (C=O) groups excluding carboxylic acids is 1. The van der Waals surface area contributed by atoms with Gasteiger partial charge in [-0.2, -0.15) is 0 Å². The lowest BCUT2D eigenvalue weighted by Gasteiger charge is -2.42. The Hall–Kier alpha value is -0.990. The first-order valence-corrected chi connectivity index (χ1v) is 9.13. The van der Waals surface area contributed by atoms with Gasteiger partial charge in [0.15, 0.2) is 6.29 Å². The summed E-state index contributed by atoms with van der Waals surface area (Å²) in [5, 5.41) is 31.9. The van der Waals surface area contributed by atoms with Crippen molar-refractivity contribution in [1.82, 2.24) is 5.32 Å². The second-order valence-electron chi connectivity index (χ2n) is 6.50. The quantitative estimate of drug-likeness (QED) is 0.304. The van der Waals surface area contributed by atoms with Gasteiger partial charge in [-0.1, -0.05) is 31.8 Å². The van der Waals surface area contributed by atoms with Crippen LogP contribution < -0.4 is 5.32 Å². The number of aliphatic hydroxyl groups excluding tert-OH is 3. The van der Waals surface area contributed by atoms with Crippen LogP contribution in [-0.4, -0.2) is 65.1 Å². The highest BCUT2D eigenvalue weighted by Crippen LogP contribution is 2.22. The van der Waals surface area contributed by atoms with E-state index in [2.05, 4.69) is 11.9 Å². The molecule has 0 aliphatic carbocycles. The molecule has 1 saturated heterocycles. The van der Waals surface area contributed by atoms with Crippen LogP contribution in [-0.2, 0) is 14.3 Å². The number of aliphatic hydroxyl groups is 3. The monoisotopic (exact) mass is 359 g/mol. The van der Waals surface area contributed by atoms with Crippen LogP contribution in [0.3, 0.4) is 0 Å². The van der Waals surface area contributed by atoms with Gasteiger partial charge in [0, 0.05) is 13.5 Å². The molecular formula is C18H33NO6. The summed E-state index contributed by atoms with van der Waals surface area (Å²) in [6.07, 6.45) is 5.19. The Morgan fingerprint density at radius 1 is 1.16 bits per heavy atom. The summed E-state index contributed by atoms with van der Waals surface area (Å²) in [5.41, 5.74) is 0. The second kappa shape index (κ2) is 12.4. The molecule has 1 rings (SSSR count). The number of nitrogens with one attached hydrogen (secondary N) is 1. The molecule has 5 atom stereocenters. The summed E-state index contributed by atoms with van der Waals surface area (Å²) in [6, 6.07) is -0.866. The maximum absolute atomic E-state index is 11.3. The molecule has 1 aliphatic heterocycles. The van der Waals surface area contributed by atoms with Crippen LogP contribution in [0.15, 0.2) is 12.7 Å². The first-order chi connectivity index (χ1) is 12.0. The number of carbonyl (C=O) groups is 1. The summed E-state index contributed by atoms with van der Waals surface area (Å²) >= 11 is 0. The van der Waals surface area contributed by atoms with E-state index in [1.54, 1.807) is 0 Å². The maximum Gasteiger partial charge on any atom is 0.217 e. The van der Waals surface area contributed by atoms with E-state index in [1.807, 2.05) is 6.08 Å². The van der Waals surface area contributed by atoms with Crippen LogP contribution in [0.1, 0.15) is 51.9 Å². The zero-order valence-corrected chi connectivity index (χ0v) is 15.1. The predicted octanol–water partition coefficient (Wildman–Crippen LogP) is 0.863. The summed E-state index contributed by atoms with van der Waals surface area (Å²) in [4.78, 5) is 11.3. The summed E-state index contributed by atoms with van der Waals surface area (Å²) < 4.78 is 11.2. The fourth-order valence-electron chi connectivity index (χ4n) is 2.91. The number of allylic oxidation sites excluding steroid dienone is 1. The second-order valence-corrected chi connectivity index (χ2v) is 6.50. The van der Waals surface area contributed by atoms with Crippen molar-refractivity contribution in [3.63, 3.8) is 0 Å². The van der Waals surface area contributed by atoms with Gasteiger partial charge in [-0.05, 0) is 19.3 Å². The van der Waals surface area contributed by atoms with Crippen molar-refractivity contribution in [2.75, 3.05) is 13.2 Å². The number of unbranched alkanes of at least 4 members (excludes halogenated alkanes) is 6. The van der Waals surface area contributed by atoms with E-state index in [4.69, 9.17) is 9.47 Å². The summed E-state index contributed by atoms with van der Waals surface area (Å²) in [6.45, 7) is 5.02. The van der Waals surface area contributed by atoms with Crippen LogP contribution in [0.4, 0.5) is 0 Å². The van der Waals surface area contributed by atoms with Crippen molar-refractivity contribution in [2.24, 2.45) is 0 Å². The fraction of sp³-hybridized carbons (Fsp3) is 0.833. The highest BCUT2D eigenvalue weighted by atomic mass is 16.7. The molecule has 7 nitrogen and oxygen atoms in total. The van der Waals surface area contributed by atoms with Crippen LogP contribution >= 0.6 is 0 Å². The van der Waals surface area contributed by atoms with Gasteiger partial charge in [0.2, 0.25) is 5.91 Å². The Kier molecular flexibility index (Phi) is 10.9. The van der Waals surface area contributed by atoms with Gasteiger partial charge in [-0.3, -0.25) is 4.79 Å². The Labute approximate surface area is 150 Å². The van der Waals surface area contributed by atoms with E-state index < -0.39 is 37.3 Å². The molecule has 1 heterocycles. The Bertz CT molecular complexity index is 392. The molecule has 0 spiro atoms. The standard InChI is InChI=1S/C18H33NO6/c1-3-4-5-6-7-8-9-10-11-24-18-15(19-13(2)21)17(23)16(22)14(12-20)25-18/h3,14-18,20,22-23H,1,4-12H2,2H3,(H,19,21)/t14-,15-,16+,17-,18-/m1/s1. The first kappa shape index (κ1) is 22.1. The van der Waals surface area contributed by atoms with Crippen LogP contribution in [0.5, 0.6) is 0 Å². The molecule has 0 aromatic heterocycles. The lowest BCUT2D eigenvalue weighted by molar-refractivity contribution is -0.270. The number of hydrogen-bond donors (Lipinski definition) is 4. The van der Waals surface area contributed by atoms with E-state index in [-0.39, 0.29) is 5.91 Å². The van der Waals surface area contributed by atoms with Crippen LogP contribution in [0.2, 0.25) is 0 Å². The summed E-state index contributed by atoms with van der Waals surface area (Å²) in [7, 11) is 0. The van der Waals surface area contributed by atoms with E-state index >= 15 is 0 Å². The number of amides is 1. The third-order valence-electron chi connectivity index (χ3n) is 4.34. The van der Waals surface area contributed by atoms with E-state index in [1.165, 1.54) is 26.2 Å². The molecule has 0 aromatic carbocycles. The van der Waals surface area contributed by atoms with Gasteiger partial charge in [-0.25, -0.2) is 0 Å². The van der Waals surface area contributed by atoms with Crippen molar-refractivity contribution in [3.05, 3.63) is 12.7 Å². The van der Waals surface area contributed by atoms with Crippen molar-refractivity contribution in [1.29, 1.82) is 0 Å². The van der Waals surface area contributed by atoms with E-state index in [0.29, 0.717) is 6.61 Å². The zero-order valence-electron chi connectivity index (χ0n) is 15.1. The SMILES string of the molecule is C=CCCCCCCCCO[C@@H]1O[C@H](CO)[C@H](O)[C@H](O)[C@H]1NC(C)=O. The molecule has 146 valence electrons. The fourth-order valence-corrected chi connectivity index (χ4v) is 2.91. The Morgan fingerprint density at radius 3 is 2.40 bits per heavy atom. The maximum atomic E-state index is 11.3. The summed E-state index contributed by atoms with van der Waals surface area (Å²) in [5.74, 6) is -0.351.